The number of aromatic nitrogens is 8. The highest BCUT2D eigenvalue weighted by Gasteiger charge is 2.21. The van der Waals surface area contributed by atoms with Crippen molar-refractivity contribution in [3.05, 3.63) is 57.0 Å². The van der Waals surface area contributed by atoms with Gasteiger partial charge in [0.15, 0.2) is 5.65 Å². The molecule has 0 aromatic carbocycles. The Morgan fingerprint density at radius 2 is 2.13 bits per heavy atom. The van der Waals surface area contributed by atoms with E-state index in [2.05, 4.69) is 45.3 Å². The van der Waals surface area contributed by atoms with Crippen LogP contribution in [0.25, 0.3) is 11.7 Å². The third-order valence-electron chi connectivity index (χ3n) is 4.52. The van der Waals surface area contributed by atoms with E-state index in [4.69, 9.17) is 0 Å². The van der Waals surface area contributed by atoms with E-state index in [1.807, 2.05) is 6.92 Å². The third kappa shape index (κ3) is 3.62. The smallest absolute Gasteiger partial charge is 0.326 e. The SMILES string of the molecule is Cc1cnc(CNc2nc(=NC3CC3)n3nc/c(=C/c4[nH]c(=O)[nH]c4O)c3n2)cn1. The summed E-state index contributed by atoms with van der Waals surface area (Å²) in [7, 11) is 0. The summed E-state index contributed by atoms with van der Waals surface area (Å²) in [5.41, 5.74) is 2.25. The van der Waals surface area contributed by atoms with E-state index < -0.39 is 5.69 Å². The number of nitrogens with one attached hydrogen (secondary N) is 3. The number of nitrogens with zero attached hydrogens (tertiary/aromatic N) is 7. The molecular weight excluding hydrogens is 388 g/mol. The summed E-state index contributed by atoms with van der Waals surface area (Å²) in [4.78, 5) is 38.4. The van der Waals surface area contributed by atoms with Crippen molar-refractivity contribution < 1.29 is 5.11 Å². The Balaban J connectivity index is 1.58. The van der Waals surface area contributed by atoms with E-state index in [-0.39, 0.29) is 17.6 Å². The Labute approximate surface area is 168 Å². The first-order chi connectivity index (χ1) is 14.5. The lowest BCUT2D eigenvalue weighted by Crippen LogP contribution is -2.24. The van der Waals surface area contributed by atoms with Gasteiger partial charge in [-0.2, -0.15) is 19.6 Å². The third-order valence-corrected chi connectivity index (χ3v) is 4.52. The molecule has 12 nitrogen and oxygen atoms in total. The van der Waals surface area contributed by atoms with Crippen LogP contribution in [-0.4, -0.2) is 50.7 Å². The molecule has 152 valence electrons. The van der Waals surface area contributed by atoms with E-state index in [1.54, 1.807) is 29.2 Å². The summed E-state index contributed by atoms with van der Waals surface area (Å²) in [5, 5.41) is 17.9. The number of hydrogen-bond acceptors (Lipinski definition) is 9. The molecule has 0 radical (unpaired) electrons. The molecule has 1 aliphatic rings. The van der Waals surface area contributed by atoms with Gasteiger partial charge in [-0.1, -0.05) is 0 Å². The normalized spacial score (nSPS) is 15.2. The summed E-state index contributed by atoms with van der Waals surface area (Å²) < 4.78 is 1.54. The minimum Gasteiger partial charge on any atom is -0.493 e. The zero-order valence-electron chi connectivity index (χ0n) is 16.0. The topological polar surface area (TPSA) is 162 Å². The zero-order valence-corrected chi connectivity index (χ0v) is 16.0. The number of aromatic hydroxyl groups is 1. The van der Waals surface area contributed by atoms with Crippen molar-refractivity contribution in [2.75, 3.05) is 5.32 Å². The first-order valence-corrected chi connectivity index (χ1v) is 9.39. The number of hydrogen-bond donors (Lipinski definition) is 4. The van der Waals surface area contributed by atoms with Gasteiger partial charge < -0.3 is 15.4 Å². The summed E-state index contributed by atoms with van der Waals surface area (Å²) >= 11 is 0. The van der Waals surface area contributed by atoms with Crippen LogP contribution in [-0.2, 0) is 6.54 Å². The molecule has 4 N–H and O–H groups in total. The van der Waals surface area contributed by atoms with Gasteiger partial charge in [0.05, 0.1) is 36.4 Å². The number of aromatic amines is 2. The maximum atomic E-state index is 11.4. The quantitative estimate of drug-likeness (QED) is 0.334. The molecule has 1 fully saturated rings. The lowest BCUT2D eigenvalue weighted by molar-refractivity contribution is 0.454. The molecule has 0 spiro atoms. The van der Waals surface area contributed by atoms with Crippen LogP contribution in [0.2, 0.25) is 0 Å². The van der Waals surface area contributed by atoms with Gasteiger partial charge in [0.25, 0.3) is 5.62 Å². The van der Waals surface area contributed by atoms with Crippen LogP contribution < -0.4 is 21.8 Å². The first-order valence-electron chi connectivity index (χ1n) is 9.39. The highest BCUT2D eigenvalue weighted by Crippen LogP contribution is 2.22. The Morgan fingerprint density at radius 1 is 1.27 bits per heavy atom. The predicted octanol–water partition coefficient (Wildman–Crippen LogP) is -0.832. The number of aryl methyl sites for hydroxylation is 1. The van der Waals surface area contributed by atoms with Gasteiger partial charge in [0.1, 0.15) is 5.69 Å². The molecule has 0 bridgehead atoms. The molecule has 1 aliphatic carbocycles. The second-order valence-electron chi connectivity index (χ2n) is 7.03. The lowest BCUT2D eigenvalue weighted by Gasteiger charge is -2.05. The predicted molar refractivity (Wildman–Crippen MR) is 105 cm³/mol. The Kier molecular flexibility index (Phi) is 4.23. The van der Waals surface area contributed by atoms with Crippen molar-refractivity contribution in [3.8, 4) is 5.88 Å². The number of rotatable bonds is 5. The van der Waals surface area contributed by atoms with E-state index in [0.717, 1.165) is 24.2 Å². The number of imidazole rings is 1. The van der Waals surface area contributed by atoms with Gasteiger partial charge in [0, 0.05) is 11.4 Å². The maximum absolute atomic E-state index is 11.4. The molecule has 0 unspecified atom stereocenters. The molecule has 4 aromatic heterocycles. The first kappa shape index (κ1) is 18.0. The van der Waals surface area contributed by atoms with Crippen LogP contribution in [0.1, 0.15) is 29.9 Å². The molecular formula is C18H18N10O2. The largest absolute Gasteiger partial charge is 0.493 e. The van der Waals surface area contributed by atoms with E-state index in [0.29, 0.717) is 29.0 Å². The van der Waals surface area contributed by atoms with E-state index in [9.17, 15) is 9.90 Å². The number of fused-ring (bicyclic) bond motifs is 1. The molecule has 4 aromatic rings. The van der Waals surface area contributed by atoms with Crippen LogP contribution in [0.15, 0.2) is 28.4 Å². The van der Waals surface area contributed by atoms with Crippen molar-refractivity contribution >= 4 is 17.7 Å². The maximum Gasteiger partial charge on any atom is 0.326 e. The molecule has 5 rings (SSSR count). The Hall–Kier alpha value is -4.09. The summed E-state index contributed by atoms with van der Waals surface area (Å²) in [6.07, 6.45) is 8.59. The molecule has 4 heterocycles. The number of anilines is 1. The van der Waals surface area contributed by atoms with Gasteiger partial charge >= 0.3 is 5.69 Å². The van der Waals surface area contributed by atoms with Gasteiger partial charge in [-0.25, -0.2) is 9.79 Å². The highest BCUT2D eigenvalue weighted by atomic mass is 16.3. The van der Waals surface area contributed by atoms with Gasteiger partial charge in [-0.05, 0) is 25.8 Å². The monoisotopic (exact) mass is 406 g/mol. The Morgan fingerprint density at radius 3 is 2.83 bits per heavy atom. The van der Waals surface area contributed by atoms with Crippen molar-refractivity contribution in [1.29, 1.82) is 0 Å². The van der Waals surface area contributed by atoms with Crippen LogP contribution in [0.5, 0.6) is 5.88 Å². The second kappa shape index (κ2) is 7.06. The minimum atomic E-state index is -0.504. The fourth-order valence-electron chi connectivity index (χ4n) is 2.84. The van der Waals surface area contributed by atoms with Crippen LogP contribution in [0, 0.1) is 6.92 Å². The van der Waals surface area contributed by atoms with Crippen LogP contribution in [0.3, 0.4) is 0 Å². The summed E-state index contributed by atoms with van der Waals surface area (Å²) in [5.74, 6) is 0.110. The lowest BCUT2D eigenvalue weighted by atomic mass is 10.3. The minimum absolute atomic E-state index is 0.235. The molecule has 0 atom stereocenters. The van der Waals surface area contributed by atoms with E-state index in [1.165, 1.54) is 0 Å². The van der Waals surface area contributed by atoms with Crippen molar-refractivity contribution in [1.82, 2.24) is 39.5 Å². The average molecular weight is 406 g/mol. The molecule has 30 heavy (non-hydrogen) atoms. The zero-order chi connectivity index (χ0) is 20.7. The Bertz CT molecular complexity index is 1400. The molecule has 0 aliphatic heterocycles. The van der Waals surface area contributed by atoms with Crippen LogP contribution >= 0.6 is 0 Å². The molecule has 0 saturated heterocycles. The number of H-pyrrole nitrogens is 2. The van der Waals surface area contributed by atoms with Gasteiger partial charge in [-0.3, -0.25) is 15.0 Å². The fraction of sp³-hybridized carbons (Fsp3) is 0.278. The molecule has 12 heteroatoms. The molecule has 1 saturated carbocycles. The molecule has 0 amide bonds. The van der Waals surface area contributed by atoms with Crippen molar-refractivity contribution in [2.24, 2.45) is 4.99 Å². The van der Waals surface area contributed by atoms with E-state index >= 15 is 0 Å². The fourth-order valence-corrected chi connectivity index (χ4v) is 2.84. The van der Waals surface area contributed by atoms with Gasteiger partial charge in [0.2, 0.25) is 11.8 Å². The highest BCUT2D eigenvalue weighted by molar-refractivity contribution is 5.57. The standard InChI is InChI=1S/C18H18N10O2/c1-9-5-20-12(7-19-9)8-21-16-25-14-10(4-13-15(29)26-18(30)24-13)6-22-28(14)17(27-16)23-11-2-3-11/h4-7,11,29H,2-3,8H2,1H3,(H,21,23,27)(H2,24,26,30)/b10-4-. The van der Waals surface area contributed by atoms with Crippen molar-refractivity contribution in [2.45, 2.75) is 32.4 Å². The summed E-state index contributed by atoms with van der Waals surface area (Å²) in [6.45, 7) is 2.27. The van der Waals surface area contributed by atoms with Crippen molar-refractivity contribution in [3.63, 3.8) is 0 Å². The van der Waals surface area contributed by atoms with Gasteiger partial charge in [-0.15, -0.1) is 0 Å². The van der Waals surface area contributed by atoms with Crippen LogP contribution in [0.4, 0.5) is 5.95 Å². The summed E-state index contributed by atoms with van der Waals surface area (Å²) in [6, 6.07) is 0.237. The second-order valence-corrected chi connectivity index (χ2v) is 7.03. The average Bonchev–Trinajstić information content (AvgIpc) is 3.36.